The van der Waals surface area contributed by atoms with Crippen molar-refractivity contribution >= 4 is 18.0 Å². The summed E-state index contributed by atoms with van der Waals surface area (Å²) >= 11 is 0. The van der Waals surface area contributed by atoms with Gasteiger partial charge in [0.15, 0.2) is 0 Å². The first-order valence-corrected chi connectivity index (χ1v) is 8.77. The van der Waals surface area contributed by atoms with Crippen LogP contribution < -0.4 is 0 Å². The summed E-state index contributed by atoms with van der Waals surface area (Å²) in [6, 6.07) is 0. The second-order valence-electron chi connectivity index (χ2n) is 8.03. The van der Waals surface area contributed by atoms with Crippen molar-refractivity contribution in [2.45, 2.75) is 64.0 Å². The highest BCUT2D eigenvalue weighted by Crippen LogP contribution is 2.46. The van der Waals surface area contributed by atoms with E-state index in [1.807, 2.05) is 0 Å². The highest BCUT2D eigenvalue weighted by Gasteiger charge is 2.56. The molecule has 7 heteroatoms. The lowest BCUT2D eigenvalue weighted by atomic mass is 9.74. The SMILES string of the molecule is COCC1CC2(CCC(C(=O)OC)CC2)N(C(=O)OC(C)(C)C)C1=O. The van der Waals surface area contributed by atoms with Gasteiger partial charge in [-0.1, -0.05) is 0 Å². The molecule has 0 aromatic rings. The second kappa shape index (κ2) is 7.32. The maximum atomic E-state index is 12.8. The minimum Gasteiger partial charge on any atom is -0.469 e. The molecule has 25 heavy (non-hydrogen) atoms. The van der Waals surface area contributed by atoms with Gasteiger partial charge in [-0.2, -0.15) is 0 Å². The number of likely N-dealkylation sites (tertiary alicyclic amines) is 1. The van der Waals surface area contributed by atoms with E-state index in [9.17, 15) is 14.4 Å². The quantitative estimate of drug-likeness (QED) is 0.724. The van der Waals surface area contributed by atoms with E-state index in [0.717, 1.165) is 0 Å². The van der Waals surface area contributed by atoms with E-state index in [2.05, 4.69) is 0 Å². The number of hydrogen-bond acceptors (Lipinski definition) is 6. The van der Waals surface area contributed by atoms with Gasteiger partial charge in [-0.05, 0) is 52.9 Å². The third-order valence-electron chi connectivity index (χ3n) is 5.07. The molecule has 142 valence electrons. The molecule has 7 nitrogen and oxygen atoms in total. The molecule has 2 aliphatic rings. The molecule has 0 bridgehead atoms. The Morgan fingerprint density at radius 2 is 1.80 bits per heavy atom. The van der Waals surface area contributed by atoms with Crippen LogP contribution in [0.2, 0.25) is 0 Å². The molecular formula is C18H29NO6. The second-order valence-corrected chi connectivity index (χ2v) is 8.03. The van der Waals surface area contributed by atoms with E-state index in [1.165, 1.54) is 12.0 Å². The van der Waals surface area contributed by atoms with Gasteiger partial charge < -0.3 is 14.2 Å². The molecule has 0 aromatic carbocycles. The van der Waals surface area contributed by atoms with E-state index >= 15 is 0 Å². The Bertz CT molecular complexity index is 530. The van der Waals surface area contributed by atoms with Crippen molar-refractivity contribution in [3.8, 4) is 0 Å². The van der Waals surface area contributed by atoms with Crippen molar-refractivity contribution in [1.82, 2.24) is 4.90 Å². The van der Waals surface area contributed by atoms with Gasteiger partial charge in [-0.15, -0.1) is 0 Å². The van der Waals surface area contributed by atoms with Gasteiger partial charge in [-0.3, -0.25) is 9.59 Å². The van der Waals surface area contributed by atoms with Crippen LogP contribution in [0.15, 0.2) is 0 Å². The maximum Gasteiger partial charge on any atom is 0.417 e. The Morgan fingerprint density at radius 1 is 1.20 bits per heavy atom. The number of carbonyl (C=O) groups excluding carboxylic acids is 3. The van der Waals surface area contributed by atoms with Crippen molar-refractivity contribution in [2.24, 2.45) is 11.8 Å². The number of carbonyl (C=O) groups is 3. The highest BCUT2D eigenvalue weighted by molar-refractivity contribution is 5.96. The molecule has 0 N–H and O–H groups in total. The van der Waals surface area contributed by atoms with E-state index in [-0.39, 0.29) is 30.3 Å². The predicted octanol–water partition coefficient (Wildman–Crippen LogP) is 2.52. The van der Waals surface area contributed by atoms with E-state index in [4.69, 9.17) is 14.2 Å². The van der Waals surface area contributed by atoms with Crippen LogP contribution in [0.25, 0.3) is 0 Å². The number of nitrogens with zero attached hydrogens (tertiary/aromatic N) is 1. The van der Waals surface area contributed by atoms with Crippen LogP contribution in [-0.2, 0) is 23.8 Å². The fourth-order valence-electron chi connectivity index (χ4n) is 3.96. The Hall–Kier alpha value is -1.63. The molecular weight excluding hydrogens is 326 g/mol. The summed E-state index contributed by atoms with van der Waals surface area (Å²) in [6.07, 6.45) is 2.30. The Labute approximate surface area is 149 Å². The summed E-state index contributed by atoms with van der Waals surface area (Å²) < 4.78 is 15.5. The molecule has 0 aromatic heterocycles. The van der Waals surface area contributed by atoms with Crippen LogP contribution in [0.3, 0.4) is 0 Å². The Kier molecular flexibility index (Phi) is 5.76. The fourth-order valence-corrected chi connectivity index (χ4v) is 3.96. The van der Waals surface area contributed by atoms with Gasteiger partial charge in [-0.25, -0.2) is 9.69 Å². The number of esters is 1. The van der Waals surface area contributed by atoms with Crippen LogP contribution in [0.1, 0.15) is 52.9 Å². The minimum absolute atomic E-state index is 0.173. The van der Waals surface area contributed by atoms with Crippen molar-refractivity contribution < 1.29 is 28.6 Å². The lowest BCUT2D eigenvalue weighted by molar-refractivity contribution is -0.147. The van der Waals surface area contributed by atoms with Gasteiger partial charge in [0.2, 0.25) is 5.91 Å². The molecule has 2 fully saturated rings. The largest absolute Gasteiger partial charge is 0.469 e. The standard InChI is InChI=1S/C18H29NO6/c1-17(2,3)25-16(22)19-14(20)13(11-23-4)10-18(19)8-6-12(7-9-18)15(21)24-5/h12-13H,6-11H2,1-5H3. The van der Waals surface area contributed by atoms with Gasteiger partial charge in [0.05, 0.1) is 31.1 Å². The molecule has 2 rings (SSSR count). The predicted molar refractivity (Wildman–Crippen MR) is 89.8 cm³/mol. The first kappa shape index (κ1) is 19.7. The van der Waals surface area contributed by atoms with E-state index in [1.54, 1.807) is 27.9 Å². The summed E-state index contributed by atoms with van der Waals surface area (Å²) in [5.41, 5.74) is -1.27. The van der Waals surface area contributed by atoms with E-state index in [0.29, 0.717) is 32.1 Å². The number of ether oxygens (including phenoxy) is 3. The minimum atomic E-state index is -0.679. The molecule has 1 aliphatic carbocycles. The number of hydrogen-bond donors (Lipinski definition) is 0. The number of imide groups is 1. The first-order valence-electron chi connectivity index (χ1n) is 8.77. The molecule has 1 unspecified atom stereocenters. The van der Waals surface area contributed by atoms with Gasteiger partial charge in [0.1, 0.15) is 5.60 Å². The Morgan fingerprint density at radius 3 is 2.28 bits per heavy atom. The third kappa shape index (κ3) is 4.14. The molecule has 0 radical (unpaired) electrons. The average Bonchev–Trinajstić information content (AvgIpc) is 2.78. The monoisotopic (exact) mass is 355 g/mol. The highest BCUT2D eigenvalue weighted by atomic mass is 16.6. The summed E-state index contributed by atoms with van der Waals surface area (Å²) in [4.78, 5) is 38.6. The smallest absolute Gasteiger partial charge is 0.417 e. The van der Waals surface area contributed by atoms with Crippen molar-refractivity contribution in [3.63, 3.8) is 0 Å². The normalized spacial score (nSPS) is 29.8. The topological polar surface area (TPSA) is 82.1 Å². The summed E-state index contributed by atoms with van der Waals surface area (Å²) in [7, 11) is 2.93. The van der Waals surface area contributed by atoms with Gasteiger partial charge in [0.25, 0.3) is 0 Å². The lowest BCUT2D eigenvalue weighted by Gasteiger charge is -2.42. The van der Waals surface area contributed by atoms with Crippen molar-refractivity contribution in [3.05, 3.63) is 0 Å². The van der Waals surface area contributed by atoms with Crippen LogP contribution in [0.4, 0.5) is 4.79 Å². The maximum absolute atomic E-state index is 12.8. The summed E-state index contributed by atoms with van der Waals surface area (Å²) in [5.74, 6) is -0.996. The van der Waals surface area contributed by atoms with Crippen molar-refractivity contribution in [1.29, 1.82) is 0 Å². The number of rotatable bonds is 3. The third-order valence-corrected chi connectivity index (χ3v) is 5.07. The molecule has 1 atom stereocenters. The molecule has 1 heterocycles. The molecule has 1 spiro atoms. The average molecular weight is 355 g/mol. The van der Waals surface area contributed by atoms with E-state index < -0.39 is 17.2 Å². The summed E-state index contributed by atoms with van der Waals surface area (Å²) in [5, 5.41) is 0. The zero-order valence-electron chi connectivity index (χ0n) is 15.8. The first-order chi connectivity index (χ1) is 11.6. The molecule has 1 saturated heterocycles. The molecule has 2 amide bonds. The van der Waals surface area contributed by atoms with Crippen LogP contribution in [-0.4, -0.2) is 54.8 Å². The summed E-state index contributed by atoms with van der Waals surface area (Å²) in [6.45, 7) is 5.61. The van der Waals surface area contributed by atoms with Crippen LogP contribution in [0, 0.1) is 11.8 Å². The lowest BCUT2D eigenvalue weighted by Crippen LogP contribution is -2.53. The van der Waals surface area contributed by atoms with Crippen LogP contribution >= 0.6 is 0 Å². The molecule has 1 saturated carbocycles. The zero-order valence-corrected chi connectivity index (χ0v) is 15.8. The van der Waals surface area contributed by atoms with Crippen LogP contribution in [0.5, 0.6) is 0 Å². The number of methoxy groups -OCH3 is 2. The van der Waals surface area contributed by atoms with Crippen molar-refractivity contribution in [2.75, 3.05) is 20.8 Å². The zero-order chi connectivity index (χ0) is 18.8. The number of amides is 2. The Balaban J connectivity index is 2.22. The van der Waals surface area contributed by atoms with Gasteiger partial charge >= 0.3 is 12.1 Å². The van der Waals surface area contributed by atoms with Gasteiger partial charge in [0, 0.05) is 7.11 Å². The fraction of sp³-hybridized carbons (Fsp3) is 0.833. The molecule has 1 aliphatic heterocycles.